The number of nitrogens with one attached hydrogen (secondary N) is 1. The zero-order valence-corrected chi connectivity index (χ0v) is 13.4. The van der Waals surface area contributed by atoms with Crippen molar-refractivity contribution in [2.24, 2.45) is 0 Å². The van der Waals surface area contributed by atoms with E-state index in [2.05, 4.69) is 30.4 Å². The first kappa shape index (κ1) is 15.7. The second kappa shape index (κ2) is 7.94. The average Bonchev–Trinajstić information content (AvgIpc) is 2.46. The molecule has 0 fully saturated rings. The number of rotatable bonds is 7. The largest absolute Gasteiger partial charge is 0.494 e. The third kappa shape index (κ3) is 5.31. The smallest absolute Gasteiger partial charge is 0.119 e. The highest BCUT2D eigenvalue weighted by atomic mass is 35.5. The van der Waals surface area contributed by atoms with E-state index < -0.39 is 0 Å². The van der Waals surface area contributed by atoms with Gasteiger partial charge in [-0.15, -0.1) is 0 Å². The van der Waals surface area contributed by atoms with E-state index in [-0.39, 0.29) is 0 Å². The van der Waals surface area contributed by atoms with Gasteiger partial charge in [0, 0.05) is 17.3 Å². The van der Waals surface area contributed by atoms with Crippen molar-refractivity contribution in [3.63, 3.8) is 0 Å². The standard InChI is InChI=1S/C18H22ClNO/c1-14-6-5-7-17(12-14)21-11-4-3-10-20-16-9-8-15(2)18(19)13-16/h5-9,12-13,20H,3-4,10-11H2,1-2H3. The van der Waals surface area contributed by atoms with Crippen molar-refractivity contribution >= 4 is 17.3 Å². The summed E-state index contributed by atoms with van der Waals surface area (Å²) in [6, 6.07) is 14.2. The minimum atomic E-state index is 0.750. The topological polar surface area (TPSA) is 21.3 Å². The van der Waals surface area contributed by atoms with Crippen LogP contribution in [0.5, 0.6) is 5.75 Å². The Labute approximate surface area is 132 Å². The fourth-order valence-electron chi connectivity index (χ4n) is 2.06. The molecule has 2 rings (SSSR count). The van der Waals surface area contributed by atoms with Crippen molar-refractivity contribution in [3.05, 3.63) is 58.6 Å². The molecular weight excluding hydrogens is 282 g/mol. The van der Waals surface area contributed by atoms with Crippen LogP contribution in [-0.2, 0) is 0 Å². The minimum absolute atomic E-state index is 0.750. The predicted octanol–water partition coefficient (Wildman–Crippen LogP) is 5.23. The van der Waals surface area contributed by atoms with E-state index in [1.165, 1.54) is 5.56 Å². The van der Waals surface area contributed by atoms with E-state index in [9.17, 15) is 0 Å². The Morgan fingerprint density at radius 2 is 1.90 bits per heavy atom. The summed E-state index contributed by atoms with van der Waals surface area (Å²) in [5, 5.41) is 4.19. The zero-order valence-electron chi connectivity index (χ0n) is 12.7. The van der Waals surface area contributed by atoms with Crippen LogP contribution in [-0.4, -0.2) is 13.2 Å². The predicted molar refractivity (Wildman–Crippen MR) is 90.6 cm³/mol. The van der Waals surface area contributed by atoms with Gasteiger partial charge < -0.3 is 10.1 Å². The van der Waals surface area contributed by atoms with E-state index in [0.29, 0.717) is 0 Å². The Kier molecular flexibility index (Phi) is 5.94. The Hall–Kier alpha value is -1.67. The summed E-state index contributed by atoms with van der Waals surface area (Å²) >= 11 is 6.10. The van der Waals surface area contributed by atoms with Gasteiger partial charge in [-0.25, -0.2) is 0 Å². The fourth-order valence-corrected chi connectivity index (χ4v) is 2.24. The molecule has 0 amide bonds. The van der Waals surface area contributed by atoms with Gasteiger partial charge in [0.05, 0.1) is 6.61 Å². The van der Waals surface area contributed by atoms with Crippen molar-refractivity contribution in [2.45, 2.75) is 26.7 Å². The number of benzene rings is 2. The summed E-state index contributed by atoms with van der Waals surface area (Å²) in [5.74, 6) is 0.952. The molecule has 21 heavy (non-hydrogen) atoms. The number of hydrogen-bond acceptors (Lipinski definition) is 2. The van der Waals surface area contributed by atoms with Gasteiger partial charge in [-0.2, -0.15) is 0 Å². The Balaban J connectivity index is 1.63. The molecule has 0 aliphatic heterocycles. The van der Waals surface area contributed by atoms with Crippen LogP contribution >= 0.6 is 11.6 Å². The van der Waals surface area contributed by atoms with Gasteiger partial charge in [-0.3, -0.25) is 0 Å². The minimum Gasteiger partial charge on any atom is -0.494 e. The van der Waals surface area contributed by atoms with E-state index in [4.69, 9.17) is 16.3 Å². The van der Waals surface area contributed by atoms with Crippen LogP contribution in [0.4, 0.5) is 5.69 Å². The van der Waals surface area contributed by atoms with Crippen LogP contribution in [0.2, 0.25) is 5.02 Å². The van der Waals surface area contributed by atoms with Crippen molar-refractivity contribution in [1.82, 2.24) is 0 Å². The second-order valence-corrected chi connectivity index (χ2v) is 5.67. The third-order valence-corrected chi connectivity index (χ3v) is 3.74. The number of aryl methyl sites for hydroxylation is 2. The number of ether oxygens (including phenoxy) is 1. The van der Waals surface area contributed by atoms with Gasteiger partial charge in [0.1, 0.15) is 5.75 Å². The van der Waals surface area contributed by atoms with Crippen LogP contribution < -0.4 is 10.1 Å². The molecule has 0 spiro atoms. The fraction of sp³-hybridized carbons (Fsp3) is 0.333. The summed E-state index contributed by atoms with van der Waals surface area (Å²) < 4.78 is 5.73. The third-order valence-electron chi connectivity index (χ3n) is 3.33. The first-order valence-electron chi connectivity index (χ1n) is 7.34. The molecule has 0 aliphatic carbocycles. The maximum Gasteiger partial charge on any atom is 0.119 e. The normalized spacial score (nSPS) is 10.4. The maximum absolute atomic E-state index is 6.10. The molecule has 0 bridgehead atoms. The second-order valence-electron chi connectivity index (χ2n) is 5.26. The Bertz CT molecular complexity index is 583. The number of halogens is 1. The highest BCUT2D eigenvalue weighted by Gasteiger charge is 1.98. The van der Waals surface area contributed by atoms with E-state index in [1.807, 2.05) is 31.2 Å². The molecule has 2 aromatic rings. The van der Waals surface area contributed by atoms with Crippen LogP contribution in [0.1, 0.15) is 24.0 Å². The number of anilines is 1. The van der Waals surface area contributed by atoms with Gasteiger partial charge in [0.25, 0.3) is 0 Å². The van der Waals surface area contributed by atoms with Gasteiger partial charge in [0.2, 0.25) is 0 Å². The van der Waals surface area contributed by atoms with Crippen LogP contribution in [0.25, 0.3) is 0 Å². The summed E-state index contributed by atoms with van der Waals surface area (Å²) in [4.78, 5) is 0. The highest BCUT2D eigenvalue weighted by molar-refractivity contribution is 6.31. The molecule has 3 heteroatoms. The lowest BCUT2D eigenvalue weighted by Gasteiger charge is -2.09. The molecule has 1 N–H and O–H groups in total. The van der Waals surface area contributed by atoms with E-state index in [0.717, 1.165) is 48.0 Å². The monoisotopic (exact) mass is 303 g/mol. The molecule has 2 nitrogen and oxygen atoms in total. The molecule has 0 unspecified atom stereocenters. The van der Waals surface area contributed by atoms with Gasteiger partial charge in [-0.1, -0.05) is 29.8 Å². The molecule has 0 aliphatic rings. The molecule has 0 saturated carbocycles. The quantitative estimate of drug-likeness (QED) is 0.707. The SMILES string of the molecule is Cc1cccc(OCCCCNc2ccc(C)c(Cl)c2)c1. The van der Waals surface area contributed by atoms with Crippen molar-refractivity contribution < 1.29 is 4.74 Å². The molecule has 0 saturated heterocycles. The van der Waals surface area contributed by atoms with Gasteiger partial charge >= 0.3 is 0 Å². The number of unbranched alkanes of at least 4 members (excludes halogenated alkanes) is 1. The Morgan fingerprint density at radius 3 is 2.67 bits per heavy atom. The highest BCUT2D eigenvalue weighted by Crippen LogP contribution is 2.20. The van der Waals surface area contributed by atoms with Crippen LogP contribution in [0.3, 0.4) is 0 Å². The van der Waals surface area contributed by atoms with Crippen molar-refractivity contribution in [2.75, 3.05) is 18.5 Å². The summed E-state index contributed by atoms with van der Waals surface area (Å²) in [6.45, 7) is 5.76. The average molecular weight is 304 g/mol. The molecule has 0 atom stereocenters. The lowest BCUT2D eigenvalue weighted by atomic mass is 10.2. The molecule has 0 aromatic heterocycles. The molecule has 0 heterocycles. The zero-order chi connectivity index (χ0) is 15.1. The van der Waals surface area contributed by atoms with Crippen LogP contribution in [0, 0.1) is 13.8 Å². The summed E-state index contributed by atoms with van der Waals surface area (Å²) in [5.41, 5.74) is 3.41. The molecule has 0 radical (unpaired) electrons. The van der Waals surface area contributed by atoms with Gasteiger partial charge in [-0.05, 0) is 62.1 Å². The lowest BCUT2D eigenvalue weighted by molar-refractivity contribution is 0.308. The van der Waals surface area contributed by atoms with Crippen LogP contribution in [0.15, 0.2) is 42.5 Å². The Morgan fingerprint density at radius 1 is 1.05 bits per heavy atom. The maximum atomic E-state index is 6.10. The first-order chi connectivity index (χ1) is 10.1. The summed E-state index contributed by atoms with van der Waals surface area (Å²) in [7, 11) is 0. The van der Waals surface area contributed by atoms with Crippen molar-refractivity contribution in [3.8, 4) is 5.75 Å². The molecular formula is C18H22ClNO. The number of hydrogen-bond donors (Lipinski definition) is 1. The lowest BCUT2D eigenvalue weighted by Crippen LogP contribution is -2.05. The summed E-state index contributed by atoms with van der Waals surface area (Å²) in [6.07, 6.45) is 2.10. The molecule has 2 aromatic carbocycles. The van der Waals surface area contributed by atoms with E-state index in [1.54, 1.807) is 0 Å². The van der Waals surface area contributed by atoms with Gasteiger partial charge in [0.15, 0.2) is 0 Å². The van der Waals surface area contributed by atoms with E-state index >= 15 is 0 Å². The first-order valence-corrected chi connectivity index (χ1v) is 7.72. The molecule has 112 valence electrons. The van der Waals surface area contributed by atoms with Crippen molar-refractivity contribution in [1.29, 1.82) is 0 Å².